The highest BCUT2D eigenvalue weighted by molar-refractivity contribution is 14.1. The van der Waals surface area contributed by atoms with Gasteiger partial charge >= 0.3 is 0 Å². The molecule has 2 aliphatic rings. The predicted molar refractivity (Wildman–Crippen MR) is 45.5 cm³/mol. The molecule has 2 rings (SSSR count). The van der Waals surface area contributed by atoms with Crippen molar-refractivity contribution in [1.29, 1.82) is 0 Å². The van der Waals surface area contributed by atoms with Crippen LogP contribution in [0.3, 0.4) is 0 Å². The maximum atomic E-state index is 3.50. The van der Waals surface area contributed by atoms with Crippen LogP contribution in [0.5, 0.6) is 0 Å². The first-order chi connectivity index (χ1) is 4.36. The lowest BCUT2D eigenvalue weighted by atomic mass is 10.1. The lowest BCUT2D eigenvalue weighted by molar-refractivity contribution is 0.547. The van der Waals surface area contributed by atoms with E-state index in [0.29, 0.717) is 0 Å². The SMILES string of the molecule is IN1CC2CCNC2C1. The first kappa shape index (κ1) is 6.37. The van der Waals surface area contributed by atoms with Gasteiger partial charge in [0.1, 0.15) is 0 Å². The van der Waals surface area contributed by atoms with Crippen molar-refractivity contribution in [2.45, 2.75) is 12.5 Å². The van der Waals surface area contributed by atoms with Crippen LogP contribution in [-0.2, 0) is 0 Å². The number of halogens is 1. The smallest absolute Gasteiger partial charge is 0.0244 e. The summed E-state index contributed by atoms with van der Waals surface area (Å²) in [4.78, 5) is 0. The Morgan fingerprint density at radius 2 is 2.33 bits per heavy atom. The Hall–Kier alpha value is 0.650. The fourth-order valence-corrected chi connectivity index (χ4v) is 2.73. The standard InChI is InChI=1S/C6H11IN2/c7-9-3-5-1-2-8-6(5)4-9/h5-6,8H,1-4H2. The Balaban J connectivity index is 2.02. The van der Waals surface area contributed by atoms with Gasteiger partial charge in [-0.2, -0.15) is 0 Å². The Morgan fingerprint density at radius 1 is 1.44 bits per heavy atom. The average molecular weight is 238 g/mol. The van der Waals surface area contributed by atoms with Crippen molar-refractivity contribution < 1.29 is 0 Å². The minimum Gasteiger partial charge on any atom is -0.312 e. The number of hydrogen-bond donors (Lipinski definition) is 1. The predicted octanol–water partition coefficient (Wildman–Crippen LogP) is 0.630. The van der Waals surface area contributed by atoms with Crippen molar-refractivity contribution >= 4 is 22.9 Å². The highest BCUT2D eigenvalue weighted by atomic mass is 127. The van der Waals surface area contributed by atoms with Crippen LogP contribution in [0.2, 0.25) is 0 Å². The molecule has 0 aromatic heterocycles. The summed E-state index contributed by atoms with van der Waals surface area (Å²) >= 11 is 2.41. The largest absolute Gasteiger partial charge is 0.312 e. The van der Waals surface area contributed by atoms with Crippen LogP contribution >= 0.6 is 22.9 Å². The summed E-state index contributed by atoms with van der Waals surface area (Å²) in [6, 6.07) is 0.821. The van der Waals surface area contributed by atoms with E-state index in [-0.39, 0.29) is 0 Å². The topological polar surface area (TPSA) is 15.3 Å². The van der Waals surface area contributed by atoms with Gasteiger partial charge in [0.25, 0.3) is 0 Å². The monoisotopic (exact) mass is 238 g/mol. The Bertz CT molecular complexity index is 106. The molecule has 2 nitrogen and oxygen atoms in total. The van der Waals surface area contributed by atoms with Gasteiger partial charge in [0.2, 0.25) is 0 Å². The van der Waals surface area contributed by atoms with Crippen molar-refractivity contribution in [3.8, 4) is 0 Å². The lowest BCUT2D eigenvalue weighted by Gasteiger charge is -2.05. The second-order valence-corrected chi connectivity index (χ2v) is 4.30. The number of rotatable bonds is 0. The molecule has 0 spiro atoms. The third-order valence-electron chi connectivity index (χ3n) is 2.32. The Kier molecular flexibility index (Phi) is 1.67. The summed E-state index contributed by atoms with van der Waals surface area (Å²) in [6.07, 6.45) is 1.39. The van der Waals surface area contributed by atoms with E-state index in [1.807, 2.05) is 0 Å². The maximum Gasteiger partial charge on any atom is 0.0244 e. The molecule has 2 saturated heterocycles. The van der Waals surface area contributed by atoms with Crippen molar-refractivity contribution in [2.75, 3.05) is 19.6 Å². The zero-order valence-electron chi connectivity index (χ0n) is 5.31. The molecule has 3 heteroatoms. The van der Waals surface area contributed by atoms with Crippen LogP contribution < -0.4 is 5.32 Å². The molecule has 9 heavy (non-hydrogen) atoms. The zero-order valence-corrected chi connectivity index (χ0v) is 7.47. The Morgan fingerprint density at radius 3 is 3.11 bits per heavy atom. The zero-order chi connectivity index (χ0) is 6.27. The molecule has 0 radical (unpaired) electrons. The average Bonchev–Trinajstić information content (AvgIpc) is 2.22. The molecule has 2 aliphatic heterocycles. The van der Waals surface area contributed by atoms with E-state index in [0.717, 1.165) is 12.0 Å². The van der Waals surface area contributed by atoms with E-state index in [1.165, 1.54) is 26.1 Å². The fourth-order valence-electron chi connectivity index (χ4n) is 1.80. The van der Waals surface area contributed by atoms with Gasteiger partial charge < -0.3 is 5.32 Å². The van der Waals surface area contributed by atoms with E-state index in [4.69, 9.17) is 0 Å². The third-order valence-corrected chi connectivity index (χ3v) is 3.11. The molecule has 2 unspecified atom stereocenters. The molecular weight excluding hydrogens is 227 g/mol. The van der Waals surface area contributed by atoms with Gasteiger partial charge in [0, 0.05) is 42.0 Å². The molecule has 1 N–H and O–H groups in total. The molecule has 2 heterocycles. The number of nitrogens with one attached hydrogen (secondary N) is 1. The van der Waals surface area contributed by atoms with Gasteiger partial charge in [0.15, 0.2) is 0 Å². The highest BCUT2D eigenvalue weighted by Gasteiger charge is 2.34. The van der Waals surface area contributed by atoms with Crippen LogP contribution in [0.25, 0.3) is 0 Å². The van der Waals surface area contributed by atoms with Crippen LogP contribution in [0.4, 0.5) is 0 Å². The van der Waals surface area contributed by atoms with Crippen molar-refractivity contribution in [3.63, 3.8) is 0 Å². The van der Waals surface area contributed by atoms with E-state index in [9.17, 15) is 0 Å². The highest BCUT2D eigenvalue weighted by Crippen LogP contribution is 2.26. The summed E-state index contributed by atoms with van der Waals surface area (Å²) in [5, 5.41) is 3.50. The number of hydrogen-bond acceptors (Lipinski definition) is 2. The van der Waals surface area contributed by atoms with Crippen molar-refractivity contribution in [3.05, 3.63) is 0 Å². The first-order valence-corrected chi connectivity index (χ1v) is 4.47. The van der Waals surface area contributed by atoms with Crippen LogP contribution in [-0.4, -0.2) is 28.8 Å². The number of nitrogens with zero attached hydrogens (tertiary/aromatic N) is 1. The molecule has 0 aliphatic carbocycles. The second kappa shape index (κ2) is 2.36. The third kappa shape index (κ3) is 1.10. The van der Waals surface area contributed by atoms with Crippen LogP contribution in [0, 0.1) is 5.92 Å². The summed E-state index contributed by atoms with van der Waals surface area (Å²) in [7, 11) is 0. The van der Waals surface area contributed by atoms with Gasteiger partial charge in [-0.25, -0.2) is 3.11 Å². The molecule has 0 amide bonds. The minimum atomic E-state index is 0.821. The van der Waals surface area contributed by atoms with E-state index in [2.05, 4.69) is 31.3 Å². The quantitative estimate of drug-likeness (QED) is 0.492. The van der Waals surface area contributed by atoms with Gasteiger partial charge in [-0.05, 0) is 18.9 Å². The van der Waals surface area contributed by atoms with Gasteiger partial charge in [0.05, 0.1) is 0 Å². The van der Waals surface area contributed by atoms with Gasteiger partial charge in [-0.15, -0.1) is 0 Å². The summed E-state index contributed by atoms with van der Waals surface area (Å²) < 4.78 is 2.39. The summed E-state index contributed by atoms with van der Waals surface area (Å²) in [5.41, 5.74) is 0. The van der Waals surface area contributed by atoms with Crippen LogP contribution in [0.15, 0.2) is 0 Å². The molecule has 2 atom stereocenters. The molecule has 0 aromatic carbocycles. The van der Waals surface area contributed by atoms with Crippen LogP contribution in [0.1, 0.15) is 6.42 Å². The lowest BCUT2D eigenvalue weighted by Crippen LogP contribution is -2.27. The summed E-state index contributed by atoms with van der Waals surface area (Å²) in [5.74, 6) is 0.960. The van der Waals surface area contributed by atoms with E-state index in [1.54, 1.807) is 0 Å². The van der Waals surface area contributed by atoms with Crippen molar-refractivity contribution in [2.24, 2.45) is 5.92 Å². The molecule has 0 saturated carbocycles. The fraction of sp³-hybridized carbons (Fsp3) is 1.00. The number of fused-ring (bicyclic) bond motifs is 1. The molecule has 52 valence electrons. The second-order valence-electron chi connectivity index (χ2n) is 2.94. The normalized spacial score (nSPS) is 43.7. The van der Waals surface area contributed by atoms with E-state index >= 15 is 0 Å². The minimum absolute atomic E-state index is 0.821. The van der Waals surface area contributed by atoms with Gasteiger partial charge in [-0.1, -0.05) is 0 Å². The molecule has 2 fully saturated rings. The maximum absolute atomic E-state index is 3.50. The molecular formula is C6H11IN2. The Labute approximate surface area is 69.5 Å². The van der Waals surface area contributed by atoms with Gasteiger partial charge in [-0.3, -0.25) is 0 Å². The molecule has 0 bridgehead atoms. The molecule has 0 aromatic rings. The summed E-state index contributed by atoms with van der Waals surface area (Å²) in [6.45, 7) is 3.81. The first-order valence-electron chi connectivity index (χ1n) is 3.50. The van der Waals surface area contributed by atoms with E-state index < -0.39 is 0 Å². The van der Waals surface area contributed by atoms with Crippen molar-refractivity contribution in [1.82, 2.24) is 8.43 Å².